The van der Waals surface area contributed by atoms with Crippen molar-refractivity contribution in [3.05, 3.63) is 64.4 Å². The predicted molar refractivity (Wildman–Crippen MR) is 119 cm³/mol. The van der Waals surface area contributed by atoms with Crippen molar-refractivity contribution in [3.8, 4) is 6.07 Å². The Morgan fingerprint density at radius 1 is 1.12 bits per heavy atom. The summed E-state index contributed by atoms with van der Waals surface area (Å²) in [6.45, 7) is -0.720. The molecule has 0 aromatic heterocycles. The van der Waals surface area contributed by atoms with Gasteiger partial charge in [-0.05, 0) is 37.4 Å². The number of nitrogens with zero attached hydrogens (tertiary/aromatic N) is 3. The van der Waals surface area contributed by atoms with Crippen molar-refractivity contribution >= 4 is 44.8 Å². The normalized spacial score (nSPS) is 12.9. The molecule has 0 saturated heterocycles. The van der Waals surface area contributed by atoms with E-state index in [2.05, 4.69) is 4.72 Å². The Morgan fingerprint density at radius 3 is 2.25 bits per heavy atom. The molecule has 0 atom stereocenters. The monoisotopic (exact) mass is 474 g/mol. The molecule has 32 heavy (non-hydrogen) atoms. The molecular weight excluding hydrogens is 456 g/mol. The molecule has 9 nitrogen and oxygen atoms in total. The number of ether oxygens (including phenoxy) is 1. The number of Topliss-reactive ketones (excluding diaryl/α,β-unsaturated/α-hetero) is 1. The van der Waals surface area contributed by atoms with Crippen molar-refractivity contribution in [1.82, 2.24) is 4.72 Å². The van der Waals surface area contributed by atoms with Crippen molar-refractivity contribution in [1.29, 1.82) is 5.26 Å². The molecular formula is C21H19ClN4O5S. The Kier molecular flexibility index (Phi) is 6.55. The van der Waals surface area contributed by atoms with Crippen molar-refractivity contribution in [2.45, 2.75) is 4.90 Å². The zero-order valence-corrected chi connectivity index (χ0v) is 19.0. The van der Waals surface area contributed by atoms with Crippen LogP contribution in [0.1, 0.15) is 10.4 Å². The van der Waals surface area contributed by atoms with Crippen LogP contribution in [0, 0.1) is 11.3 Å². The largest absolute Gasteiger partial charge is 0.454 e. The minimum atomic E-state index is -3.81. The summed E-state index contributed by atoms with van der Waals surface area (Å²) < 4.78 is 31.1. The van der Waals surface area contributed by atoms with Gasteiger partial charge in [0.15, 0.2) is 6.61 Å². The van der Waals surface area contributed by atoms with Gasteiger partial charge in [-0.25, -0.2) is 17.9 Å². The minimum absolute atomic E-state index is 0.0397. The van der Waals surface area contributed by atoms with Gasteiger partial charge >= 0.3 is 5.97 Å². The summed E-state index contributed by atoms with van der Waals surface area (Å²) in [6.07, 6.45) is 0. The number of carbonyl (C=O) groups is 2. The second-order valence-electron chi connectivity index (χ2n) is 6.77. The molecule has 3 rings (SSSR count). The van der Waals surface area contributed by atoms with Crippen LogP contribution in [0.25, 0.3) is 0 Å². The van der Waals surface area contributed by atoms with E-state index < -0.39 is 28.4 Å². The lowest BCUT2D eigenvalue weighted by Gasteiger charge is -2.19. The molecule has 0 saturated carbocycles. The van der Waals surface area contributed by atoms with Gasteiger partial charge in [-0.2, -0.15) is 5.26 Å². The third kappa shape index (κ3) is 4.18. The number of sulfonamides is 1. The molecule has 0 amide bonds. The van der Waals surface area contributed by atoms with E-state index in [1.165, 1.54) is 19.2 Å². The van der Waals surface area contributed by atoms with Gasteiger partial charge in [0.05, 0.1) is 26.9 Å². The first-order valence-electron chi connectivity index (χ1n) is 9.26. The summed E-state index contributed by atoms with van der Waals surface area (Å²) in [5.41, 5.74) is 1.23. The molecule has 2 aromatic carbocycles. The van der Waals surface area contributed by atoms with Gasteiger partial charge in [-0.3, -0.25) is 4.79 Å². The summed E-state index contributed by atoms with van der Waals surface area (Å²) >= 11 is 6.01. The fraction of sp³-hybridized carbons (Fsp3) is 0.190. The number of hydrogen-bond donors (Lipinski definition) is 1. The SMILES string of the molecule is CNS(=O)(=O)c1ccc(Cl)c(C(=O)OCC(=O)C(C#N)=C2N(C)c3ccccc3N2C)c1. The Morgan fingerprint density at radius 2 is 1.72 bits per heavy atom. The maximum atomic E-state index is 12.7. The van der Waals surface area contributed by atoms with Crippen LogP contribution in [0.2, 0.25) is 5.02 Å². The van der Waals surface area contributed by atoms with Crippen LogP contribution < -0.4 is 14.5 Å². The summed E-state index contributed by atoms with van der Waals surface area (Å²) in [7, 11) is 0.863. The van der Waals surface area contributed by atoms with Crippen molar-refractivity contribution in [2.75, 3.05) is 37.5 Å². The molecule has 0 radical (unpaired) electrons. The molecule has 1 aliphatic rings. The van der Waals surface area contributed by atoms with Crippen LogP contribution in [0.15, 0.2) is 58.8 Å². The third-order valence-corrected chi connectivity index (χ3v) is 6.67. The van der Waals surface area contributed by atoms with Gasteiger partial charge in [0.2, 0.25) is 15.8 Å². The summed E-state index contributed by atoms with van der Waals surface area (Å²) in [5.74, 6) is -1.34. The average molecular weight is 475 g/mol. The van der Waals surface area contributed by atoms with Crippen LogP contribution in [0.4, 0.5) is 11.4 Å². The van der Waals surface area contributed by atoms with E-state index in [1.54, 1.807) is 23.9 Å². The van der Waals surface area contributed by atoms with Gasteiger partial charge in [0, 0.05) is 14.1 Å². The molecule has 0 spiro atoms. The quantitative estimate of drug-likeness (QED) is 0.384. The molecule has 0 fully saturated rings. The third-order valence-electron chi connectivity index (χ3n) is 4.93. The summed E-state index contributed by atoms with van der Waals surface area (Å²) in [4.78, 5) is 28.5. The van der Waals surface area contributed by atoms with Crippen LogP contribution in [-0.2, 0) is 19.6 Å². The number of nitrogens with one attached hydrogen (secondary N) is 1. The lowest BCUT2D eigenvalue weighted by molar-refractivity contribution is -0.118. The summed E-state index contributed by atoms with van der Waals surface area (Å²) in [6, 6.07) is 12.8. The van der Waals surface area contributed by atoms with Crippen LogP contribution >= 0.6 is 11.6 Å². The average Bonchev–Trinajstić information content (AvgIpc) is 3.03. The van der Waals surface area contributed by atoms with Crippen molar-refractivity contribution in [3.63, 3.8) is 0 Å². The first-order chi connectivity index (χ1) is 15.1. The maximum absolute atomic E-state index is 12.7. The van der Waals surface area contributed by atoms with E-state index in [1.807, 2.05) is 30.3 Å². The van der Waals surface area contributed by atoms with E-state index in [0.717, 1.165) is 17.4 Å². The zero-order valence-electron chi connectivity index (χ0n) is 17.4. The van der Waals surface area contributed by atoms with Gasteiger partial charge in [-0.15, -0.1) is 0 Å². The first-order valence-corrected chi connectivity index (χ1v) is 11.1. The fourth-order valence-electron chi connectivity index (χ4n) is 3.28. The highest BCUT2D eigenvalue weighted by atomic mass is 35.5. The van der Waals surface area contributed by atoms with Gasteiger partial charge < -0.3 is 14.5 Å². The number of ketones is 1. The van der Waals surface area contributed by atoms with Crippen LogP contribution in [0.3, 0.4) is 0 Å². The number of rotatable bonds is 6. The highest BCUT2D eigenvalue weighted by Gasteiger charge is 2.31. The van der Waals surface area contributed by atoms with Crippen molar-refractivity contribution in [2.24, 2.45) is 0 Å². The van der Waals surface area contributed by atoms with Crippen LogP contribution in [0.5, 0.6) is 0 Å². The maximum Gasteiger partial charge on any atom is 0.340 e. The Hall–Kier alpha value is -3.39. The number of halogens is 1. The van der Waals surface area contributed by atoms with E-state index in [4.69, 9.17) is 16.3 Å². The van der Waals surface area contributed by atoms with E-state index in [0.29, 0.717) is 5.82 Å². The van der Waals surface area contributed by atoms with E-state index in [9.17, 15) is 23.3 Å². The topological polar surface area (TPSA) is 120 Å². The lowest BCUT2D eigenvalue weighted by Crippen LogP contribution is -2.28. The number of carbonyl (C=O) groups excluding carboxylic acids is 2. The zero-order chi connectivity index (χ0) is 23.6. The summed E-state index contributed by atoms with van der Waals surface area (Å²) in [5, 5.41) is 9.59. The number of anilines is 2. The molecule has 166 valence electrons. The molecule has 11 heteroatoms. The number of esters is 1. The molecule has 1 aliphatic heterocycles. The Balaban J connectivity index is 1.83. The highest BCUT2D eigenvalue weighted by Crippen LogP contribution is 2.40. The minimum Gasteiger partial charge on any atom is -0.454 e. The van der Waals surface area contributed by atoms with E-state index >= 15 is 0 Å². The molecule has 1 N–H and O–H groups in total. The van der Waals surface area contributed by atoms with Gasteiger partial charge in [0.25, 0.3) is 0 Å². The number of benzene rings is 2. The molecule has 2 aromatic rings. The van der Waals surface area contributed by atoms with Gasteiger partial charge in [0.1, 0.15) is 17.5 Å². The lowest BCUT2D eigenvalue weighted by atomic mass is 10.2. The Labute approximate surface area is 190 Å². The molecule has 0 unspecified atom stereocenters. The second-order valence-corrected chi connectivity index (χ2v) is 9.06. The number of para-hydroxylation sites is 2. The number of fused-ring (bicyclic) bond motifs is 1. The Bertz CT molecular complexity index is 1250. The van der Waals surface area contributed by atoms with E-state index in [-0.39, 0.29) is 21.1 Å². The second kappa shape index (κ2) is 9.00. The predicted octanol–water partition coefficient (Wildman–Crippen LogP) is 2.30. The fourth-order valence-corrected chi connectivity index (χ4v) is 4.23. The molecule has 1 heterocycles. The standard InChI is InChI=1S/C21H19ClN4O5S/c1-24-32(29,30)13-8-9-16(22)14(10-13)21(28)31-12-19(27)15(11-23)20-25(2)17-6-4-5-7-18(17)26(20)3/h4-10,24H,12H2,1-3H3. The molecule has 0 aliphatic carbocycles. The van der Waals surface area contributed by atoms with Crippen LogP contribution in [-0.4, -0.2) is 47.9 Å². The van der Waals surface area contributed by atoms with Gasteiger partial charge in [-0.1, -0.05) is 23.7 Å². The highest BCUT2D eigenvalue weighted by molar-refractivity contribution is 7.89. The number of hydrogen-bond acceptors (Lipinski definition) is 8. The first kappa shape index (κ1) is 23.3. The van der Waals surface area contributed by atoms with Crippen molar-refractivity contribution < 1.29 is 22.7 Å². The smallest absolute Gasteiger partial charge is 0.340 e. The molecule has 0 bridgehead atoms. The number of nitriles is 1.